The highest BCUT2D eigenvalue weighted by Gasteiger charge is 2.16. The lowest BCUT2D eigenvalue weighted by molar-refractivity contribution is 0.388. The van der Waals surface area contributed by atoms with Crippen molar-refractivity contribution >= 4 is 11.8 Å². The van der Waals surface area contributed by atoms with E-state index in [9.17, 15) is 4.39 Å². The fourth-order valence-electron chi connectivity index (χ4n) is 2.50. The maximum absolute atomic E-state index is 13.8. The van der Waals surface area contributed by atoms with Gasteiger partial charge < -0.3 is 14.0 Å². The minimum absolute atomic E-state index is 0.0259. The quantitative estimate of drug-likeness (QED) is 0.587. The number of thioether (sulfide) groups is 1. The van der Waals surface area contributed by atoms with E-state index in [4.69, 9.17) is 14.0 Å². The van der Waals surface area contributed by atoms with Crippen LogP contribution in [-0.2, 0) is 5.75 Å². The van der Waals surface area contributed by atoms with E-state index < -0.39 is 0 Å². The maximum atomic E-state index is 13.8. The predicted molar refractivity (Wildman–Crippen MR) is 98.9 cm³/mol. The van der Waals surface area contributed by atoms with Crippen molar-refractivity contribution in [3.8, 4) is 22.9 Å². The first kappa shape index (κ1) is 18.3. The molecule has 7 heteroatoms. The van der Waals surface area contributed by atoms with Gasteiger partial charge in [-0.1, -0.05) is 23.4 Å². The lowest BCUT2D eigenvalue weighted by atomic mass is 10.1. The van der Waals surface area contributed by atoms with Crippen LogP contribution >= 0.6 is 11.8 Å². The Hall–Kier alpha value is -2.54. The van der Waals surface area contributed by atoms with Gasteiger partial charge in [-0.2, -0.15) is 4.98 Å². The van der Waals surface area contributed by atoms with Crippen LogP contribution in [0.3, 0.4) is 0 Å². The summed E-state index contributed by atoms with van der Waals surface area (Å²) < 4.78 is 29.7. The molecule has 0 fully saturated rings. The van der Waals surface area contributed by atoms with Gasteiger partial charge in [0.15, 0.2) is 0 Å². The minimum Gasteiger partial charge on any atom is -0.497 e. The molecule has 3 rings (SSSR count). The highest BCUT2D eigenvalue weighted by Crippen LogP contribution is 2.34. The molecule has 2 aromatic carbocycles. The van der Waals surface area contributed by atoms with Gasteiger partial charge in [-0.3, -0.25) is 0 Å². The Bertz CT molecular complexity index is 885. The molecule has 0 bridgehead atoms. The van der Waals surface area contributed by atoms with Crippen molar-refractivity contribution in [3.05, 3.63) is 59.7 Å². The van der Waals surface area contributed by atoms with Crippen LogP contribution in [0.2, 0.25) is 0 Å². The van der Waals surface area contributed by atoms with Crippen LogP contribution in [0.5, 0.6) is 11.5 Å². The molecule has 0 aliphatic rings. The summed E-state index contributed by atoms with van der Waals surface area (Å²) in [5.41, 5.74) is 1.38. The van der Waals surface area contributed by atoms with Crippen molar-refractivity contribution in [2.75, 3.05) is 14.2 Å². The fourth-order valence-corrected chi connectivity index (χ4v) is 3.38. The van der Waals surface area contributed by atoms with E-state index in [-0.39, 0.29) is 11.1 Å². The number of hydrogen-bond acceptors (Lipinski definition) is 6. The number of methoxy groups -OCH3 is 2. The molecule has 1 atom stereocenters. The Kier molecular flexibility index (Phi) is 5.78. The van der Waals surface area contributed by atoms with Crippen molar-refractivity contribution in [1.29, 1.82) is 0 Å². The van der Waals surface area contributed by atoms with E-state index >= 15 is 0 Å². The van der Waals surface area contributed by atoms with Gasteiger partial charge in [0, 0.05) is 16.9 Å². The SMILES string of the molecule is COc1ccc(-c2noc(CSC(C)c3ccccc3F)n2)c(OC)c1. The topological polar surface area (TPSA) is 57.4 Å². The van der Waals surface area contributed by atoms with Gasteiger partial charge in [-0.25, -0.2) is 4.39 Å². The number of hydrogen-bond donors (Lipinski definition) is 0. The first-order valence-electron chi connectivity index (χ1n) is 8.03. The molecule has 5 nitrogen and oxygen atoms in total. The molecule has 136 valence electrons. The molecule has 0 radical (unpaired) electrons. The van der Waals surface area contributed by atoms with Gasteiger partial charge in [-0.05, 0) is 25.1 Å². The van der Waals surface area contributed by atoms with Gasteiger partial charge in [0.05, 0.1) is 25.5 Å². The van der Waals surface area contributed by atoms with Gasteiger partial charge in [0.2, 0.25) is 11.7 Å². The number of nitrogens with zero attached hydrogens (tertiary/aromatic N) is 2. The molecule has 0 saturated heterocycles. The van der Waals surface area contributed by atoms with E-state index in [0.29, 0.717) is 34.5 Å². The average molecular weight is 374 g/mol. The van der Waals surface area contributed by atoms with Crippen LogP contribution in [0.25, 0.3) is 11.4 Å². The second-order valence-electron chi connectivity index (χ2n) is 5.55. The molecule has 1 heterocycles. The molecule has 0 amide bonds. The van der Waals surface area contributed by atoms with Crippen LogP contribution in [0, 0.1) is 5.82 Å². The molecular weight excluding hydrogens is 355 g/mol. The highest BCUT2D eigenvalue weighted by molar-refractivity contribution is 7.98. The summed E-state index contributed by atoms with van der Waals surface area (Å²) in [6, 6.07) is 12.2. The molecule has 0 saturated carbocycles. The molecular formula is C19H19FN2O3S. The first-order valence-corrected chi connectivity index (χ1v) is 9.08. The zero-order valence-electron chi connectivity index (χ0n) is 14.7. The zero-order chi connectivity index (χ0) is 18.5. The van der Waals surface area contributed by atoms with Crippen LogP contribution in [0.15, 0.2) is 47.0 Å². The van der Waals surface area contributed by atoms with E-state index in [1.807, 2.05) is 25.1 Å². The van der Waals surface area contributed by atoms with Crippen molar-refractivity contribution < 1.29 is 18.4 Å². The van der Waals surface area contributed by atoms with E-state index in [1.54, 1.807) is 32.4 Å². The molecule has 1 aromatic heterocycles. The molecule has 0 aliphatic heterocycles. The third-order valence-corrected chi connectivity index (χ3v) is 5.09. The van der Waals surface area contributed by atoms with Crippen LogP contribution in [0.4, 0.5) is 4.39 Å². The smallest absolute Gasteiger partial charge is 0.236 e. The molecule has 0 N–H and O–H groups in total. The van der Waals surface area contributed by atoms with Crippen LogP contribution in [0.1, 0.15) is 23.6 Å². The third-order valence-electron chi connectivity index (χ3n) is 3.92. The Balaban J connectivity index is 1.72. The summed E-state index contributed by atoms with van der Waals surface area (Å²) in [5, 5.41) is 4.00. The minimum atomic E-state index is -0.207. The van der Waals surface area contributed by atoms with Gasteiger partial charge in [0.25, 0.3) is 0 Å². The standard InChI is InChI=1S/C19H19FN2O3S/c1-12(14-6-4-5-7-16(14)20)26-11-18-21-19(22-25-18)15-9-8-13(23-2)10-17(15)24-3/h4-10,12H,11H2,1-3H3. The average Bonchev–Trinajstić information content (AvgIpc) is 3.14. The van der Waals surface area contributed by atoms with Crippen LogP contribution in [-0.4, -0.2) is 24.4 Å². The Morgan fingerprint density at radius 1 is 1.15 bits per heavy atom. The number of aromatic nitrogens is 2. The fraction of sp³-hybridized carbons (Fsp3) is 0.263. The van der Waals surface area contributed by atoms with Gasteiger partial charge >= 0.3 is 0 Å². The Labute approximate surface area is 155 Å². The van der Waals surface area contributed by atoms with Crippen molar-refractivity contribution in [2.24, 2.45) is 0 Å². The van der Waals surface area contributed by atoms with Crippen molar-refractivity contribution in [2.45, 2.75) is 17.9 Å². The summed E-state index contributed by atoms with van der Waals surface area (Å²) >= 11 is 1.53. The summed E-state index contributed by atoms with van der Waals surface area (Å²) in [6.07, 6.45) is 0. The molecule has 0 aliphatic carbocycles. The molecule has 0 spiro atoms. The summed E-state index contributed by atoms with van der Waals surface area (Å²) in [6.45, 7) is 1.95. The Morgan fingerprint density at radius 2 is 1.96 bits per heavy atom. The molecule has 3 aromatic rings. The molecule has 1 unspecified atom stereocenters. The Morgan fingerprint density at radius 3 is 2.69 bits per heavy atom. The van der Waals surface area contributed by atoms with Gasteiger partial charge in [0.1, 0.15) is 17.3 Å². The van der Waals surface area contributed by atoms with Crippen LogP contribution < -0.4 is 9.47 Å². The van der Waals surface area contributed by atoms with E-state index in [0.717, 1.165) is 5.56 Å². The number of benzene rings is 2. The lowest BCUT2D eigenvalue weighted by Crippen LogP contribution is -1.94. The largest absolute Gasteiger partial charge is 0.497 e. The van der Waals surface area contributed by atoms with E-state index in [2.05, 4.69) is 10.1 Å². The van der Waals surface area contributed by atoms with Crippen molar-refractivity contribution in [1.82, 2.24) is 10.1 Å². The first-order chi connectivity index (χ1) is 12.6. The van der Waals surface area contributed by atoms with E-state index in [1.165, 1.54) is 17.8 Å². The normalized spacial score (nSPS) is 12.0. The van der Waals surface area contributed by atoms with Crippen molar-refractivity contribution in [3.63, 3.8) is 0 Å². The monoisotopic (exact) mass is 374 g/mol. The van der Waals surface area contributed by atoms with Gasteiger partial charge in [-0.15, -0.1) is 11.8 Å². The predicted octanol–water partition coefficient (Wildman–Crippen LogP) is 4.89. The maximum Gasteiger partial charge on any atom is 0.236 e. The molecule has 26 heavy (non-hydrogen) atoms. The third kappa shape index (κ3) is 3.99. The number of halogens is 1. The number of ether oxygens (including phenoxy) is 2. The summed E-state index contributed by atoms with van der Waals surface area (Å²) in [7, 11) is 3.17. The highest BCUT2D eigenvalue weighted by atomic mass is 32.2. The summed E-state index contributed by atoms with van der Waals surface area (Å²) in [4.78, 5) is 4.42. The zero-order valence-corrected chi connectivity index (χ0v) is 15.5. The second-order valence-corrected chi connectivity index (χ2v) is 6.88. The summed E-state index contributed by atoms with van der Waals surface area (Å²) in [5.74, 6) is 2.49. The lowest BCUT2D eigenvalue weighted by Gasteiger charge is -2.10. The number of rotatable bonds is 7. The second kappa shape index (κ2) is 8.23.